The minimum absolute atomic E-state index is 0.148. The van der Waals surface area contributed by atoms with Crippen LogP contribution in [0.1, 0.15) is 39.2 Å². The second-order valence-electron chi connectivity index (χ2n) is 10.5. The number of hydrogen-bond donors (Lipinski definition) is 1. The Hall–Kier alpha value is -3.93. The van der Waals surface area contributed by atoms with E-state index >= 15 is 0 Å². The zero-order valence-electron chi connectivity index (χ0n) is 22.0. The molecule has 0 aliphatic carbocycles. The molecule has 0 unspecified atom stereocenters. The molecule has 1 aromatic carbocycles. The van der Waals surface area contributed by atoms with E-state index in [1.165, 1.54) is 18.6 Å². The number of rotatable bonds is 5. The molecule has 0 bridgehead atoms. The number of halogens is 4. The topological polar surface area (TPSA) is 97.5 Å². The van der Waals surface area contributed by atoms with Crippen molar-refractivity contribution in [3.63, 3.8) is 0 Å². The standard InChI is InChI=1S/C27H27ClF3N7O2/c1-26(2,3)40-25(39)37-11-5-8-19(37)14-33-24-35-22(17-9-10-32-20(28)13-17)21(23-36-34-15-38(23)24)16-6-4-7-18(12-16)27(29,30)31/h4,6-7,9-10,12-13,15,19H,5,8,11,14H2,1-3H3,(H,33,35)/t19-/m0/s1. The molecule has 1 fully saturated rings. The molecule has 210 valence electrons. The monoisotopic (exact) mass is 573 g/mol. The summed E-state index contributed by atoms with van der Waals surface area (Å²) >= 11 is 6.17. The third-order valence-electron chi connectivity index (χ3n) is 6.43. The summed E-state index contributed by atoms with van der Waals surface area (Å²) in [6, 6.07) is 8.08. The maximum Gasteiger partial charge on any atom is 0.416 e. The van der Waals surface area contributed by atoms with Crippen molar-refractivity contribution in [1.82, 2.24) is 29.5 Å². The number of amides is 1. The lowest BCUT2D eigenvalue weighted by Gasteiger charge is -2.29. The number of hydrogen-bond acceptors (Lipinski definition) is 7. The maximum absolute atomic E-state index is 13.6. The molecule has 1 aliphatic heterocycles. The van der Waals surface area contributed by atoms with E-state index in [1.807, 2.05) is 20.8 Å². The van der Waals surface area contributed by atoms with Gasteiger partial charge in [0.1, 0.15) is 17.1 Å². The normalized spacial score (nSPS) is 16.0. The molecule has 3 aromatic heterocycles. The average Bonchev–Trinajstić information content (AvgIpc) is 3.55. The zero-order chi connectivity index (χ0) is 28.7. The van der Waals surface area contributed by atoms with Crippen LogP contribution in [0.25, 0.3) is 28.0 Å². The minimum Gasteiger partial charge on any atom is -0.444 e. The number of pyridine rings is 1. The highest BCUT2D eigenvalue weighted by molar-refractivity contribution is 6.29. The van der Waals surface area contributed by atoms with Crippen LogP contribution in [0.15, 0.2) is 48.9 Å². The van der Waals surface area contributed by atoms with E-state index in [0.717, 1.165) is 25.0 Å². The smallest absolute Gasteiger partial charge is 0.416 e. The summed E-state index contributed by atoms with van der Waals surface area (Å²) in [6.45, 7) is 6.39. The van der Waals surface area contributed by atoms with Gasteiger partial charge in [0, 0.05) is 24.8 Å². The van der Waals surface area contributed by atoms with Crippen LogP contribution in [0.3, 0.4) is 0 Å². The molecule has 0 spiro atoms. The number of aromatic nitrogens is 5. The third kappa shape index (κ3) is 5.81. The van der Waals surface area contributed by atoms with E-state index < -0.39 is 17.3 Å². The number of carbonyl (C=O) groups excluding carboxylic acids is 1. The van der Waals surface area contributed by atoms with E-state index in [2.05, 4.69) is 20.5 Å². The lowest BCUT2D eigenvalue weighted by atomic mass is 9.99. The van der Waals surface area contributed by atoms with E-state index in [1.54, 1.807) is 27.5 Å². The molecular weight excluding hydrogens is 547 g/mol. The first-order chi connectivity index (χ1) is 18.9. The first kappa shape index (κ1) is 27.6. The van der Waals surface area contributed by atoms with E-state index in [4.69, 9.17) is 21.3 Å². The fourth-order valence-electron chi connectivity index (χ4n) is 4.70. The SMILES string of the molecule is CC(C)(C)OC(=O)N1CCC[C@H]1CNc1nc(-c2ccnc(Cl)c2)c(-c2cccc(C(F)(F)F)c2)c2nncn12. The van der Waals surface area contributed by atoms with Gasteiger partial charge in [0.2, 0.25) is 5.95 Å². The number of fused-ring (bicyclic) bond motifs is 1. The van der Waals surface area contributed by atoms with Crippen molar-refractivity contribution in [2.24, 2.45) is 0 Å². The summed E-state index contributed by atoms with van der Waals surface area (Å²) in [4.78, 5) is 23.3. The highest BCUT2D eigenvalue weighted by Crippen LogP contribution is 2.38. The number of nitrogens with zero attached hydrogens (tertiary/aromatic N) is 6. The predicted molar refractivity (Wildman–Crippen MR) is 144 cm³/mol. The van der Waals surface area contributed by atoms with Gasteiger partial charge in [-0.05, 0) is 63.4 Å². The van der Waals surface area contributed by atoms with Gasteiger partial charge in [-0.25, -0.2) is 14.8 Å². The summed E-state index contributed by atoms with van der Waals surface area (Å²) in [7, 11) is 0. The van der Waals surface area contributed by atoms with Crippen LogP contribution in [0.4, 0.5) is 23.9 Å². The number of nitrogens with one attached hydrogen (secondary N) is 1. The molecule has 0 radical (unpaired) electrons. The minimum atomic E-state index is -4.53. The summed E-state index contributed by atoms with van der Waals surface area (Å²) in [5, 5.41) is 11.8. The highest BCUT2D eigenvalue weighted by Gasteiger charge is 2.33. The molecule has 13 heteroatoms. The van der Waals surface area contributed by atoms with Crippen molar-refractivity contribution in [2.75, 3.05) is 18.4 Å². The van der Waals surface area contributed by atoms with Gasteiger partial charge in [-0.3, -0.25) is 4.40 Å². The van der Waals surface area contributed by atoms with Gasteiger partial charge in [0.25, 0.3) is 0 Å². The molecular formula is C27H27ClF3N7O2. The molecule has 1 aliphatic rings. The number of carbonyl (C=O) groups is 1. The van der Waals surface area contributed by atoms with Gasteiger partial charge < -0.3 is 15.0 Å². The van der Waals surface area contributed by atoms with Gasteiger partial charge in [-0.2, -0.15) is 13.2 Å². The van der Waals surface area contributed by atoms with Gasteiger partial charge in [-0.1, -0.05) is 23.7 Å². The quantitative estimate of drug-likeness (QED) is 0.278. The van der Waals surface area contributed by atoms with Crippen LogP contribution >= 0.6 is 11.6 Å². The van der Waals surface area contributed by atoms with Crippen LogP contribution in [-0.4, -0.2) is 60.3 Å². The maximum atomic E-state index is 13.6. The molecule has 5 rings (SSSR count). The number of alkyl halides is 3. The van der Waals surface area contributed by atoms with Crippen molar-refractivity contribution in [3.8, 4) is 22.4 Å². The Balaban J connectivity index is 1.56. The van der Waals surface area contributed by atoms with Gasteiger partial charge in [0.05, 0.1) is 22.9 Å². The summed E-state index contributed by atoms with van der Waals surface area (Å²) in [5.41, 5.74) is 0.393. The number of anilines is 1. The van der Waals surface area contributed by atoms with Crippen molar-refractivity contribution in [1.29, 1.82) is 0 Å². The van der Waals surface area contributed by atoms with Crippen LogP contribution in [0, 0.1) is 0 Å². The Morgan fingerprint density at radius 2 is 1.98 bits per heavy atom. The highest BCUT2D eigenvalue weighted by atomic mass is 35.5. The van der Waals surface area contributed by atoms with Crippen molar-refractivity contribution in [2.45, 2.75) is 51.4 Å². The molecule has 4 heterocycles. The van der Waals surface area contributed by atoms with E-state index in [-0.39, 0.29) is 22.9 Å². The number of benzene rings is 1. The summed E-state index contributed by atoms with van der Waals surface area (Å²) < 4.78 is 47.9. The van der Waals surface area contributed by atoms with Gasteiger partial charge >= 0.3 is 12.3 Å². The Morgan fingerprint density at radius 3 is 2.70 bits per heavy atom. The fourth-order valence-corrected chi connectivity index (χ4v) is 4.87. The third-order valence-corrected chi connectivity index (χ3v) is 6.64. The predicted octanol–water partition coefficient (Wildman–Crippen LogP) is 6.34. The molecule has 40 heavy (non-hydrogen) atoms. The van der Waals surface area contributed by atoms with Crippen molar-refractivity contribution < 1.29 is 22.7 Å². The zero-order valence-corrected chi connectivity index (χ0v) is 22.8. The lowest BCUT2D eigenvalue weighted by Crippen LogP contribution is -2.42. The summed E-state index contributed by atoms with van der Waals surface area (Å²) in [6.07, 6.45) is -0.385. The second kappa shape index (κ2) is 10.6. The Morgan fingerprint density at radius 1 is 1.18 bits per heavy atom. The first-order valence-corrected chi connectivity index (χ1v) is 13.1. The van der Waals surface area contributed by atoms with Crippen molar-refractivity contribution >= 4 is 29.3 Å². The Kier molecular flexibility index (Phi) is 7.30. The van der Waals surface area contributed by atoms with Crippen LogP contribution in [-0.2, 0) is 10.9 Å². The lowest BCUT2D eigenvalue weighted by molar-refractivity contribution is -0.137. The largest absolute Gasteiger partial charge is 0.444 e. The van der Waals surface area contributed by atoms with Crippen LogP contribution in [0.2, 0.25) is 5.15 Å². The fraction of sp³-hybridized carbons (Fsp3) is 0.370. The molecule has 1 saturated heterocycles. The van der Waals surface area contributed by atoms with Crippen molar-refractivity contribution in [3.05, 3.63) is 59.6 Å². The van der Waals surface area contributed by atoms with Crippen LogP contribution < -0.4 is 5.32 Å². The Bertz CT molecular complexity index is 1550. The van der Waals surface area contributed by atoms with Gasteiger partial charge in [0.15, 0.2) is 5.65 Å². The molecule has 4 aromatic rings. The number of ether oxygens (including phenoxy) is 1. The second-order valence-corrected chi connectivity index (χ2v) is 10.9. The van der Waals surface area contributed by atoms with Crippen LogP contribution in [0.5, 0.6) is 0 Å². The average molecular weight is 574 g/mol. The first-order valence-electron chi connectivity index (χ1n) is 12.7. The molecule has 0 saturated carbocycles. The summed E-state index contributed by atoms with van der Waals surface area (Å²) in [5.74, 6) is 0.356. The Labute approximate surface area is 233 Å². The van der Waals surface area contributed by atoms with Gasteiger partial charge in [-0.15, -0.1) is 10.2 Å². The molecule has 1 amide bonds. The van der Waals surface area contributed by atoms with E-state index in [9.17, 15) is 18.0 Å². The molecule has 1 N–H and O–H groups in total. The number of likely N-dealkylation sites (tertiary alicyclic amines) is 1. The molecule has 9 nitrogen and oxygen atoms in total. The van der Waals surface area contributed by atoms with E-state index in [0.29, 0.717) is 41.5 Å². The molecule has 1 atom stereocenters.